The van der Waals surface area contributed by atoms with E-state index in [1.54, 1.807) is 41.7 Å². The standard InChI is InChI=1S/C34H43BN4O13P2/c1-22(2)18-30(37-32(42)24(19-23-10-5-4-6-11-23)20-27(40)26-12-7-8-16-36-26)35-51-28-15-14-25(21-29(28)52-35)39(3)34(43)50-17-9-13-31(41)38-33(53(44,45)46)54(47,48)49/h4-8,10-12,14-16,21-22,24,30,33H,9,13,17-20H2,1-3H3,(H,37,42)(H,38,41)(H2,44,45,46)(H2,47,48,49)/t24-,30+/m0/s1. The van der Waals surface area contributed by atoms with Crippen molar-refractivity contribution in [1.29, 1.82) is 0 Å². The molecule has 1 aliphatic rings. The number of amides is 3. The summed E-state index contributed by atoms with van der Waals surface area (Å²) in [6.45, 7) is 3.68. The summed E-state index contributed by atoms with van der Waals surface area (Å²) in [5.41, 5.74) is -1.17. The van der Waals surface area contributed by atoms with Crippen LogP contribution in [0.25, 0.3) is 0 Å². The summed E-state index contributed by atoms with van der Waals surface area (Å²) in [4.78, 5) is 93.8. The molecule has 1 aliphatic heterocycles. The van der Waals surface area contributed by atoms with Gasteiger partial charge in [0.15, 0.2) is 5.78 Å². The van der Waals surface area contributed by atoms with Crippen molar-refractivity contribution < 1.29 is 61.9 Å². The Morgan fingerprint density at radius 2 is 1.57 bits per heavy atom. The smallest absolute Gasteiger partial charge is 0.522 e. The van der Waals surface area contributed by atoms with E-state index in [9.17, 15) is 28.3 Å². The first kappa shape index (κ1) is 42.2. The fourth-order valence-electron chi connectivity index (χ4n) is 5.57. The average Bonchev–Trinajstić information content (AvgIpc) is 3.55. The van der Waals surface area contributed by atoms with Gasteiger partial charge >= 0.3 is 28.4 Å². The van der Waals surface area contributed by atoms with Crippen molar-refractivity contribution in [3.63, 3.8) is 0 Å². The molecule has 20 heteroatoms. The SMILES string of the molecule is CC(C)C[C@@H](NC(=O)[C@H](CC(=O)c1ccccn1)Cc1ccccc1)B1Oc2ccc(N(C)C(=O)OCCCC(=O)NC(P(=O)(O)O)P(=O)(O)O)cc2O1. The average molecular weight is 788 g/mol. The number of pyridine rings is 1. The molecule has 2 heterocycles. The molecule has 0 saturated heterocycles. The van der Waals surface area contributed by atoms with E-state index in [1.807, 2.05) is 44.2 Å². The van der Waals surface area contributed by atoms with E-state index in [4.69, 9.17) is 33.6 Å². The van der Waals surface area contributed by atoms with Crippen LogP contribution in [-0.2, 0) is 29.9 Å². The molecule has 4 rings (SSSR count). The van der Waals surface area contributed by atoms with E-state index >= 15 is 0 Å². The van der Waals surface area contributed by atoms with Gasteiger partial charge in [-0.3, -0.25) is 33.4 Å². The molecule has 0 radical (unpaired) electrons. The molecule has 0 unspecified atom stereocenters. The Hall–Kier alpha value is -4.57. The number of ether oxygens (including phenoxy) is 1. The van der Waals surface area contributed by atoms with Crippen molar-refractivity contribution in [3.05, 3.63) is 84.2 Å². The van der Waals surface area contributed by atoms with E-state index in [0.29, 0.717) is 30.0 Å². The Morgan fingerprint density at radius 1 is 0.907 bits per heavy atom. The van der Waals surface area contributed by atoms with Crippen LogP contribution in [0.4, 0.5) is 10.5 Å². The van der Waals surface area contributed by atoms with Gasteiger partial charge in [-0.25, -0.2) is 4.79 Å². The fourth-order valence-corrected chi connectivity index (χ4v) is 7.76. The normalized spacial score (nSPS) is 13.7. The topological polar surface area (TPSA) is 251 Å². The first-order valence-electron chi connectivity index (χ1n) is 17.0. The Balaban J connectivity index is 1.37. The molecule has 54 heavy (non-hydrogen) atoms. The molecule has 3 amide bonds. The predicted molar refractivity (Wildman–Crippen MR) is 197 cm³/mol. The number of Topliss-reactive ketones (excluding diaryl/α,β-unsaturated/α-hetero) is 1. The second-order valence-corrected chi connectivity index (χ2v) is 16.9. The number of rotatable bonds is 18. The second-order valence-electron chi connectivity index (χ2n) is 13.1. The maximum atomic E-state index is 13.9. The van der Waals surface area contributed by atoms with Crippen LogP contribution in [-0.4, -0.2) is 80.5 Å². The lowest BCUT2D eigenvalue weighted by molar-refractivity contribution is -0.125. The summed E-state index contributed by atoms with van der Waals surface area (Å²) in [6.07, 6.45) is 0.884. The van der Waals surface area contributed by atoms with E-state index in [1.165, 1.54) is 13.2 Å². The summed E-state index contributed by atoms with van der Waals surface area (Å²) >= 11 is 0. The van der Waals surface area contributed by atoms with E-state index in [2.05, 4.69) is 10.3 Å². The molecule has 3 aromatic rings. The number of nitrogens with one attached hydrogen (secondary N) is 2. The third-order valence-corrected chi connectivity index (χ3v) is 11.6. The number of ketones is 1. The van der Waals surface area contributed by atoms with Crippen molar-refractivity contribution in [2.75, 3.05) is 18.6 Å². The largest absolute Gasteiger partial charge is 0.618 e. The van der Waals surface area contributed by atoms with E-state index < -0.39 is 58.1 Å². The third-order valence-electron chi connectivity index (χ3n) is 8.24. The molecule has 290 valence electrons. The van der Waals surface area contributed by atoms with Crippen LogP contribution in [0.2, 0.25) is 0 Å². The van der Waals surface area contributed by atoms with Gasteiger partial charge in [-0.1, -0.05) is 50.2 Å². The molecule has 0 bridgehead atoms. The highest BCUT2D eigenvalue weighted by molar-refractivity contribution is 7.70. The zero-order valence-electron chi connectivity index (χ0n) is 29.8. The molecular formula is C34H43BN4O13P2. The monoisotopic (exact) mass is 788 g/mol. The molecule has 2 atom stereocenters. The molecule has 0 spiro atoms. The van der Waals surface area contributed by atoms with Gasteiger partial charge < -0.3 is 44.3 Å². The van der Waals surface area contributed by atoms with Gasteiger partial charge in [-0.05, 0) is 55.0 Å². The zero-order valence-corrected chi connectivity index (χ0v) is 31.6. The quantitative estimate of drug-likeness (QED) is 0.0466. The molecule has 6 N–H and O–H groups in total. The number of fused-ring (bicyclic) bond motifs is 1. The number of carbonyl (C=O) groups is 4. The number of aromatic nitrogens is 1. The maximum Gasteiger partial charge on any atom is 0.618 e. The minimum absolute atomic E-state index is 0.0641. The van der Waals surface area contributed by atoms with E-state index in [-0.39, 0.29) is 42.8 Å². The highest BCUT2D eigenvalue weighted by atomic mass is 31.2. The predicted octanol–water partition coefficient (Wildman–Crippen LogP) is 3.65. The maximum absolute atomic E-state index is 13.9. The summed E-state index contributed by atoms with van der Waals surface area (Å²) in [5.74, 6) is -2.20. The molecule has 1 aromatic heterocycles. The minimum atomic E-state index is -5.35. The van der Waals surface area contributed by atoms with Gasteiger partial charge in [0, 0.05) is 38.1 Å². The fraction of sp³-hybridized carbons (Fsp3) is 0.382. The Bertz CT molecular complexity index is 1860. The summed E-state index contributed by atoms with van der Waals surface area (Å²) in [6, 6.07) is 19.1. The van der Waals surface area contributed by atoms with Gasteiger partial charge in [0.25, 0.3) is 0 Å². The van der Waals surface area contributed by atoms with Crippen molar-refractivity contribution in [2.24, 2.45) is 11.8 Å². The highest BCUT2D eigenvalue weighted by Gasteiger charge is 2.45. The van der Waals surface area contributed by atoms with Crippen LogP contribution < -0.4 is 24.8 Å². The van der Waals surface area contributed by atoms with Gasteiger partial charge in [0.05, 0.1) is 18.2 Å². The van der Waals surface area contributed by atoms with Crippen LogP contribution in [0.1, 0.15) is 55.6 Å². The molecule has 0 saturated carbocycles. The number of anilines is 1. The number of hydrogen-bond donors (Lipinski definition) is 6. The van der Waals surface area contributed by atoms with Gasteiger partial charge in [-0.15, -0.1) is 0 Å². The first-order valence-corrected chi connectivity index (χ1v) is 20.3. The Labute approximate surface area is 312 Å². The summed E-state index contributed by atoms with van der Waals surface area (Å²) < 4.78 is 40.2. The molecular weight excluding hydrogens is 745 g/mol. The number of benzene rings is 2. The Morgan fingerprint density at radius 3 is 2.20 bits per heavy atom. The van der Waals surface area contributed by atoms with Crippen LogP contribution in [0.15, 0.2) is 72.9 Å². The summed E-state index contributed by atoms with van der Waals surface area (Å²) in [7, 11) is -10.2. The molecule has 2 aromatic carbocycles. The lowest BCUT2D eigenvalue weighted by atomic mass is 9.73. The van der Waals surface area contributed by atoms with Gasteiger partial charge in [0.1, 0.15) is 17.2 Å². The van der Waals surface area contributed by atoms with Gasteiger partial charge in [-0.2, -0.15) is 0 Å². The lowest BCUT2D eigenvalue weighted by Gasteiger charge is -2.24. The lowest BCUT2D eigenvalue weighted by Crippen LogP contribution is -2.53. The van der Waals surface area contributed by atoms with Crippen LogP contribution in [0.3, 0.4) is 0 Å². The van der Waals surface area contributed by atoms with Crippen molar-refractivity contribution in [2.45, 2.75) is 57.4 Å². The molecule has 0 aliphatic carbocycles. The first-order chi connectivity index (χ1) is 25.4. The number of carbonyl (C=O) groups excluding carboxylic acids is 4. The van der Waals surface area contributed by atoms with Crippen molar-refractivity contribution >= 4 is 51.7 Å². The summed E-state index contributed by atoms with van der Waals surface area (Å²) in [5, 5.41) is 4.70. The van der Waals surface area contributed by atoms with E-state index in [0.717, 1.165) is 10.5 Å². The van der Waals surface area contributed by atoms with Crippen LogP contribution >= 0.6 is 15.2 Å². The zero-order chi connectivity index (χ0) is 39.6. The third kappa shape index (κ3) is 12.2. The van der Waals surface area contributed by atoms with Crippen molar-refractivity contribution in [3.8, 4) is 11.5 Å². The second kappa shape index (κ2) is 18.7. The van der Waals surface area contributed by atoms with Gasteiger partial charge in [0.2, 0.25) is 17.3 Å². The minimum Gasteiger partial charge on any atom is -0.522 e. The van der Waals surface area contributed by atoms with Crippen LogP contribution in [0, 0.1) is 11.8 Å². The Kier molecular flexibility index (Phi) is 14.6. The molecule has 0 fully saturated rings. The number of hydrogen-bond acceptors (Lipinski definition) is 10. The number of nitrogens with zero attached hydrogens (tertiary/aromatic N) is 2. The van der Waals surface area contributed by atoms with Crippen LogP contribution in [0.5, 0.6) is 11.5 Å². The molecule has 17 nitrogen and oxygen atoms in total. The van der Waals surface area contributed by atoms with Crippen molar-refractivity contribution in [1.82, 2.24) is 15.6 Å². The highest BCUT2D eigenvalue weighted by Crippen LogP contribution is 2.58.